The lowest BCUT2D eigenvalue weighted by Crippen LogP contribution is -2.29. The van der Waals surface area contributed by atoms with Crippen molar-refractivity contribution in [2.24, 2.45) is 23.7 Å². The Morgan fingerprint density at radius 3 is 2.22 bits per heavy atom. The van der Waals surface area contributed by atoms with Crippen molar-refractivity contribution in [3.8, 4) is 0 Å². The van der Waals surface area contributed by atoms with Crippen molar-refractivity contribution in [3.63, 3.8) is 0 Å². The molecule has 0 aromatic heterocycles. The molecule has 0 aromatic carbocycles. The second-order valence-corrected chi connectivity index (χ2v) is 6.84. The van der Waals surface area contributed by atoms with E-state index in [-0.39, 0.29) is 0 Å². The Morgan fingerprint density at radius 1 is 1.00 bits per heavy atom. The first kappa shape index (κ1) is 16.0. The van der Waals surface area contributed by atoms with E-state index in [0.29, 0.717) is 0 Å². The smallest absolute Gasteiger partial charge is 0.0468 e. The third kappa shape index (κ3) is 7.38. The Kier molecular flexibility index (Phi) is 7.92. The summed E-state index contributed by atoms with van der Waals surface area (Å²) >= 11 is 0. The lowest BCUT2D eigenvalue weighted by Gasteiger charge is -2.28. The van der Waals surface area contributed by atoms with Crippen LogP contribution in [0.3, 0.4) is 0 Å². The van der Waals surface area contributed by atoms with Gasteiger partial charge >= 0.3 is 0 Å². The second kappa shape index (κ2) is 8.92. The van der Waals surface area contributed by atoms with Gasteiger partial charge in [-0.1, -0.05) is 27.7 Å². The van der Waals surface area contributed by atoms with E-state index in [9.17, 15) is 0 Å². The summed E-state index contributed by atoms with van der Waals surface area (Å²) in [6, 6.07) is 0. The fraction of sp³-hybridized carbons (Fsp3) is 1.00. The van der Waals surface area contributed by atoms with Crippen LogP contribution in [0.25, 0.3) is 0 Å². The Labute approximate surface area is 114 Å². The van der Waals surface area contributed by atoms with Crippen LogP contribution in [0.15, 0.2) is 0 Å². The second-order valence-electron chi connectivity index (χ2n) is 6.84. The third-order valence-electron chi connectivity index (χ3n) is 3.80. The van der Waals surface area contributed by atoms with Gasteiger partial charge in [-0.05, 0) is 62.4 Å². The van der Waals surface area contributed by atoms with Crippen LogP contribution in [0, 0.1) is 23.7 Å². The topological polar surface area (TPSA) is 21.3 Å². The van der Waals surface area contributed by atoms with Gasteiger partial charge in [0.2, 0.25) is 0 Å². The molecule has 1 aliphatic heterocycles. The highest BCUT2D eigenvalue weighted by Crippen LogP contribution is 2.26. The van der Waals surface area contributed by atoms with E-state index in [1.165, 1.54) is 32.2 Å². The van der Waals surface area contributed by atoms with Crippen LogP contribution in [0.4, 0.5) is 0 Å². The van der Waals surface area contributed by atoms with Crippen molar-refractivity contribution in [3.05, 3.63) is 0 Å². The summed E-state index contributed by atoms with van der Waals surface area (Å²) in [5, 5.41) is 3.65. The zero-order chi connectivity index (χ0) is 13.4. The molecular formula is C16H33NO. The fourth-order valence-electron chi connectivity index (χ4n) is 2.96. The van der Waals surface area contributed by atoms with Crippen molar-refractivity contribution in [2.75, 3.05) is 26.3 Å². The molecule has 108 valence electrons. The third-order valence-corrected chi connectivity index (χ3v) is 3.80. The van der Waals surface area contributed by atoms with E-state index < -0.39 is 0 Å². The zero-order valence-electron chi connectivity index (χ0n) is 12.9. The highest BCUT2D eigenvalue weighted by atomic mass is 16.5. The van der Waals surface area contributed by atoms with Crippen LogP contribution in [0.2, 0.25) is 0 Å². The minimum absolute atomic E-state index is 0.757. The summed E-state index contributed by atoms with van der Waals surface area (Å²) in [4.78, 5) is 0. The molecule has 1 unspecified atom stereocenters. The van der Waals surface area contributed by atoms with Gasteiger partial charge in [0.1, 0.15) is 0 Å². The van der Waals surface area contributed by atoms with Gasteiger partial charge in [0, 0.05) is 13.2 Å². The van der Waals surface area contributed by atoms with Crippen molar-refractivity contribution in [1.82, 2.24) is 5.32 Å². The maximum atomic E-state index is 5.46. The van der Waals surface area contributed by atoms with Crippen LogP contribution in [0.5, 0.6) is 0 Å². The average molecular weight is 255 g/mol. The SMILES string of the molecule is CC(C)CNCC(CC(C)C)CC1CCOCC1. The minimum atomic E-state index is 0.757. The molecule has 1 saturated heterocycles. The normalized spacial score (nSPS) is 19.7. The quantitative estimate of drug-likeness (QED) is 0.714. The van der Waals surface area contributed by atoms with Crippen molar-refractivity contribution in [2.45, 2.75) is 53.4 Å². The predicted octanol–water partition coefficient (Wildman–Crippen LogP) is 3.71. The molecule has 1 atom stereocenters. The molecule has 18 heavy (non-hydrogen) atoms. The molecule has 0 spiro atoms. The molecule has 0 amide bonds. The summed E-state index contributed by atoms with van der Waals surface area (Å²) in [7, 11) is 0. The molecule has 2 heteroatoms. The van der Waals surface area contributed by atoms with Crippen LogP contribution in [-0.2, 0) is 4.74 Å². The summed E-state index contributed by atoms with van der Waals surface area (Å²) in [5.41, 5.74) is 0. The van der Waals surface area contributed by atoms with E-state index in [0.717, 1.165) is 43.4 Å². The van der Waals surface area contributed by atoms with Crippen molar-refractivity contribution < 1.29 is 4.74 Å². The fourth-order valence-corrected chi connectivity index (χ4v) is 2.96. The van der Waals surface area contributed by atoms with Crippen molar-refractivity contribution in [1.29, 1.82) is 0 Å². The molecule has 1 heterocycles. The molecular weight excluding hydrogens is 222 g/mol. The number of hydrogen-bond donors (Lipinski definition) is 1. The zero-order valence-corrected chi connectivity index (χ0v) is 12.9. The first-order chi connectivity index (χ1) is 8.58. The first-order valence-electron chi connectivity index (χ1n) is 7.86. The summed E-state index contributed by atoms with van der Waals surface area (Å²) in [6.45, 7) is 13.6. The number of rotatable bonds is 8. The predicted molar refractivity (Wildman–Crippen MR) is 78.8 cm³/mol. The van der Waals surface area contributed by atoms with E-state index in [2.05, 4.69) is 33.0 Å². The van der Waals surface area contributed by atoms with Gasteiger partial charge in [0.25, 0.3) is 0 Å². The van der Waals surface area contributed by atoms with Gasteiger partial charge in [-0.25, -0.2) is 0 Å². The molecule has 0 saturated carbocycles. The Morgan fingerprint density at radius 2 is 1.67 bits per heavy atom. The molecule has 0 radical (unpaired) electrons. The lowest BCUT2D eigenvalue weighted by atomic mass is 9.84. The summed E-state index contributed by atoms with van der Waals surface area (Å²) in [6.07, 6.45) is 5.31. The van der Waals surface area contributed by atoms with Crippen LogP contribution in [-0.4, -0.2) is 26.3 Å². The monoisotopic (exact) mass is 255 g/mol. The highest BCUT2D eigenvalue weighted by Gasteiger charge is 2.20. The lowest BCUT2D eigenvalue weighted by molar-refractivity contribution is 0.0573. The molecule has 1 rings (SSSR count). The van der Waals surface area contributed by atoms with E-state index >= 15 is 0 Å². The van der Waals surface area contributed by atoms with Gasteiger partial charge in [-0.3, -0.25) is 0 Å². The molecule has 1 fully saturated rings. The number of ether oxygens (including phenoxy) is 1. The van der Waals surface area contributed by atoms with Gasteiger partial charge < -0.3 is 10.1 Å². The Bertz CT molecular complexity index is 197. The maximum absolute atomic E-state index is 5.46. The Balaban J connectivity index is 2.29. The molecule has 0 bridgehead atoms. The average Bonchev–Trinajstić information content (AvgIpc) is 2.28. The molecule has 1 aliphatic rings. The molecule has 0 aromatic rings. The van der Waals surface area contributed by atoms with Crippen LogP contribution >= 0.6 is 0 Å². The number of hydrogen-bond acceptors (Lipinski definition) is 2. The van der Waals surface area contributed by atoms with Gasteiger partial charge in [0.15, 0.2) is 0 Å². The standard InChI is InChI=1S/C16H33NO/c1-13(2)9-16(12-17-11-14(3)4)10-15-5-7-18-8-6-15/h13-17H,5-12H2,1-4H3. The summed E-state index contributed by atoms with van der Waals surface area (Å²) in [5.74, 6) is 3.33. The van der Waals surface area contributed by atoms with Crippen LogP contribution < -0.4 is 5.32 Å². The maximum Gasteiger partial charge on any atom is 0.0468 e. The van der Waals surface area contributed by atoms with Crippen molar-refractivity contribution >= 4 is 0 Å². The highest BCUT2D eigenvalue weighted by molar-refractivity contribution is 4.72. The number of nitrogens with one attached hydrogen (secondary N) is 1. The Hall–Kier alpha value is -0.0800. The minimum Gasteiger partial charge on any atom is -0.381 e. The first-order valence-corrected chi connectivity index (χ1v) is 7.86. The van der Waals surface area contributed by atoms with E-state index in [1.807, 2.05) is 0 Å². The molecule has 1 N–H and O–H groups in total. The molecule has 0 aliphatic carbocycles. The largest absolute Gasteiger partial charge is 0.381 e. The van der Waals surface area contributed by atoms with Gasteiger partial charge in [-0.2, -0.15) is 0 Å². The van der Waals surface area contributed by atoms with Gasteiger partial charge in [-0.15, -0.1) is 0 Å². The summed E-state index contributed by atoms with van der Waals surface area (Å²) < 4.78 is 5.46. The van der Waals surface area contributed by atoms with Gasteiger partial charge in [0.05, 0.1) is 0 Å². The van der Waals surface area contributed by atoms with Crippen LogP contribution in [0.1, 0.15) is 53.4 Å². The molecule has 2 nitrogen and oxygen atoms in total. The van der Waals surface area contributed by atoms with E-state index in [1.54, 1.807) is 0 Å². The van der Waals surface area contributed by atoms with E-state index in [4.69, 9.17) is 4.74 Å².